The number of halogens is 3. The van der Waals surface area contributed by atoms with Gasteiger partial charge in [0.15, 0.2) is 5.65 Å². The van der Waals surface area contributed by atoms with Gasteiger partial charge in [0, 0.05) is 18.8 Å². The largest absolute Gasteiger partial charge is 0.433 e. The second-order valence-electron chi connectivity index (χ2n) is 7.43. The Morgan fingerprint density at radius 3 is 2.77 bits per heavy atom. The maximum Gasteiger partial charge on any atom is 0.433 e. The van der Waals surface area contributed by atoms with Gasteiger partial charge >= 0.3 is 12.2 Å². The van der Waals surface area contributed by atoms with E-state index in [9.17, 15) is 18.0 Å². The number of amides is 1. The number of pyridine rings is 2. The Morgan fingerprint density at radius 1 is 1.23 bits per heavy atom. The third-order valence-corrected chi connectivity index (χ3v) is 5.40. The molecule has 1 aliphatic heterocycles. The number of carbonyl (C=O) groups excluding carboxylic acids is 1. The maximum absolute atomic E-state index is 13.4. The maximum atomic E-state index is 13.4. The lowest BCUT2D eigenvalue weighted by Gasteiger charge is -2.36. The van der Waals surface area contributed by atoms with Gasteiger partial charge < -0.3 is 20.7 Å². The van der Waals surface area contributed by atoms with Gasteiger partial charge in [0.25, 0.3) is 0 Å². The fourth-order valence-corrected chi connectivity index (χ4v) is 3.67. The molecule has 3 aromatic rings. The van der Waals surface area contributed by atoms with E-state index in [1.54, 1.807) is 13.1 Å². The molecule has 3 aromatic heterocycles. The predicted molar refractivity (Wildman–Crippen MR) is 105 cm³/mol. The Bertz CT molecular complexity index is 1180. The van der Waals surface area contributed by atoms with Gasteiger partial charge in [-0.25, -0.2) is 24.3 Å². The third kappa shape index (κ3) is 3.52. The zero-order valence-corrected chi connectivity index (χ0v) is 16.3. The normalized spacial score (nSPS) is 21.0. The van der Waals surface area contributed by atoms with Crippen LogP contribution in [-0.4, -0.2) is 44.7 Å². The average molecular weight is 433 g/mol. The number of ether oxygens (including phenoxy) is 1. The summed E-state index contributed by atoms with van der Waals surface area (Å²) in [5.74, 6) is 0.246. The van der Waals surface area contributed by atoms with Gasteiger partial charge in [0.1, 0.15) is 23.4 Å². The Kier molecular flexibility index (Phi) is 4.46. The van der Waals surface area contributed by atoms with Gasteiger partial charge in [-0.1, -0.05) is 0 Å². The van der Waals surface area contributed by atoms with Gasteiger partial charge in [0.05, 0.1) is 30.1 Å². The minimum atomic E-state index is -4.61. The van der Waals surface area contributed by atoms with Crippen LogP contribution in [0.1, 0.15) is 24.2 Å². The highest BCUT2D eigenvalue weighted by Crippen LogP contribution is 2.33. The Labute approximate surface area is 174 Å². The van der Waals surface area contributed by atoms with E-state index in [2.05, 4.69) is 30.9 Å². The smallest absolute Gasteiger partial charge is 0.386 e. The number of fused-ring (bicyclic) bond motifs is 4. The molecule has 0 spiro atoms. The summed E-state index contributed by atoms with van der Waals surface area (Å²) in [4.78, 5) is 25.2. The third-order valence-electron chi connectivity index (χ3n) is 5.40. The molecule has 0 saturated heterocycles. The molecule has 31 heavy (non-hydrogen) atoms. The van der Waals surface area contributed by atoms with Gasteiger partial charge in [-0.3, -0.25) is 0 Å². The first-order valence-corrected chi connectivity index (χ1v) is 9.65. The summed E-state index contributed by atoms with van der Waals surface area (Å²) in [6.45, 7) is -0.111. The summed E-state index contributed by atoms with van der Waals surface area (Å²) < 4.78 is 47.2. The zero-order chi connectivity index (χ0) is 21.8. The summed E-state index contributed by atoms with van der Waals surface area (Å²) in [6, 6.07) is 3.35. The number of carbonyl (C=O) groups is 1. The van der Waals surface area contributed by atoms with E-state index in [1.165, 1.54) is 17.0 Å². The summed E-state index contributed by atoms with van der Waals surface area (Å²) in [7, 11) is 1.68. The van der Waals surface area contributed by atoms with E-state index in [1.807, 2.05) is 0 Å². The molecule has 0 unspecified atom stereocenters. The molecule has 9 nitrogen and oxygen atoms in total. The molecule has 1 aliphatic carbocycles. The van der Waals surface area contributed by atoms with Crippen molar-refractivity contribution in [2.45, 2.75) is 37.8 Å². The number of hydrogen-bond donors (Lipinski definition) is 3. The van der Waals surface area contributed by atoms with Crippen LogP contribution in [0.2, 0.25) is 0 Å². The highest BCUT2D eigenvalue weighted by Gasteiger charge is 2.35. The lowest BCUT2D eigenvalue weighted by Crippen LogP contribution is -2.52. The highest BCUT2D eigenvalue weighted by atomic mass is 19.4. The van der Waals surface area contributed by atoms with Crippen LogP contribution in [0.25, 0.3) is 11.2 Å². The van der Waals surface area contributed by atoms with Crippen LogP contribution in [0.15, 0.2) is 24.5 Å². The number of nitrogens with one attached hydrogen (secondary N) is 3. The van der Waals surface area contributed by atoms with E-state index in [0.29, 0.717) is 24.0 Å². The van der Waals surface area contributed by atoms with Crippen molar-refractivity contribution in [1.29, 1.82) is 0 Å². The molecule has 2 atom stereocenters. The number of rotatable bonds is 1. The number of alkyl halides is 3. The molecule has 3 N–H and O–H groups in total. The quantitative estimate of drug-likeness (QED) is 0.541. The van der Waals surface area contributed by atoms with Crippen molar-refractivity contribution < 1.29 is 22.7 Å². The SMILES string of the molecule is CNc1cc2nc3c1ncn3C(=O)N[C@@H]1CC[C@H]1OCc1cc(cc(C(F)(F)F)n1)N2. The van der Waals surface area contributed by atoms with Crippen LogP contribution in [0, 0.1) is 0 Å². The zero-order valence-electron chi connectivity index (χ0n) is 16.3. The highest BCUT2D eigenvalue weighted by molar-refractivity contribution is 5.94. The molecule has 0 radical (unpaired) electrons. The number of aromatic nitrogens is 4. The lowest BCUT2D eigenvalue weighted by molar-refractivity contribution is -0.141. The van der Waals surface area contributed by atoms with Gasteiger partial charge in [-0.2, -0.15) is 13.2 Å². The van der Waals surface area contributed by atoms with Crippen molar-refractivity contribution in [2.24, 2.45) is 0 Å². The Balaban J connectivity index is 1.66. The summed E-state index contributed by atoms with van der Waals surface area (Å²) in [5.41, 5.74) is 0.566. The van der Waals surface area contributed by atoms with Crippen LogP contribution in [0.5, 0.6) is 0 Å². The molecule has 4 heterocycles. The summed E-state index contributed by atoms with van der Waals surface area (Å²) >= 11 is 0. The first-order valence-electron chi connectivity index (χ1n) is 9.65. The minimum absolute atomic E-state index is 0.111. The van der Waals surface area contributed by atoms with Gasteiger partial charge in [-0.05, 0) is 25.0 Å². The van der Waals surface area contributed by atoms with Crippen molar-refractivity contribution in [1.82, 2.24) is 24.8 Å². The molecule has 0 aromatic carbocycles. The van der Waals surface area contributed by atoms with Crippen molar-refractivity contribution in [2.75, 3.05) is 17.7 Å². The number of hydrogen-bond acceptors (Lipinski definition) is 7. The lowest BCUT2D eigenvalue weighted by atomic mass is 9.89. The van der Waals surface area contributed by atoms with Crippen LogP contribution in [0.4, 0.5) is 35.2 Å². The van der Waals surface area contributed by atoms with Crippen molar-refractivity contribution in [3.05, 3.63) is 35.9 Å². The van der Waals surface area contributed by atoms with E-state index in [0.717, 1.165) is 6.07 Å². The fraction of sp³-hybridized carbons (Fsp3) is 0.368. The molecule has 5 rings (SSSR count). The van der Waals surface area contributed by atoms with Crippen molar-refractivity contribution >= 4 is 34.4 Å². The number of nitrogens with zero attached hydrogens (tertiary/aromatic N) is 4. The molecular weight excluding hydrogens is 415 g/mol. The molecule has 1 saturated carbocycles. The number of anilines is 3. The average Bonchev–Trinajstić information content (AvgIpc) is 3.13. The molecule has 4 bridgehead atoms. The van der Waals surface area contributed by atoms with Gasteiger partial charge in [-0.15, -0.1) is 0 Å². The standard InChI is InChI=1S/C19H18F3N7O2/c1-23-12-6-15-26-9-4-10(25-14(5-9)19(20,21)22)7-31-13-3-2-11(13)27-18(30)29-8-24-16(12)17(29)28-15/h4-6,8,11,13H,2-3,7H2,1H3,(H,27,30)(H2,23,26,28)/t11-,13-/m1/s1. The molecule has 162 valence electrons. The van der Waals surface area contributed by atoms with E-state index in [-0.39, 0.29) is 41.6 Å². The van der Waals surface area contributed by atoms with Crippen molar-refractivity contribution in [3.63, 3.8) is 0 Å². The van der Waals surface area contributed by atoms with Crippen LogP contribution >= 0.6 is 0 Å². The Morgan fingerprint density at radius 2 is 2.06 bits per heavy atom. The van der Waals surface area contributed by atoms with E-state index in [4.69, 9.17) is 4.74 Å². The first kappa shape index (κ1) is 19.5. The molecule has 2 aliphatic rings. The van der Waals surface area contributed by atoms with E-state index < -0.39 is 17.9 Å². The fourth-order valence-electron chi connectivity index (χ4n) is 3.67. The summed E-state index contributed by atoms with van der Waals surface area (Å²) in [5, 5.41) is 8.75. The van der Waals surface area contributed by atoms with E-state index >= 15 is 0 Å². The van der Waals surface area contributed by atoms with Crippen molar-refractivity contribution in [3.8, 4) is 0 Å². The summed E-state index contributed by atoms with van der Waals surface area (Å²) in [6.07, 6.45) is -2.18. The van der Waals surface area contributed by atoms with Crippen LogP contribution in [0.3, 0.4) is 0 Å². The molecular formula is C19H18F3N7O2. The molecule has 12 heteroatoms. The van der Waals surface area contributed by atoms with Crippen LogP contribution in [-0.2, 0) is 17.5 Å². The van der Waals surface area contributed by atoms with Gasteiger partial charge in [0.2, 0.25) is 0 Å². The number of imidazole rings is 1. The first-order chi connectivity index (χ1) is 14.8. The molecule has 1 fully saturated rings. The Hall–Kier alpha value is -3.41. The second kappa shape index (κ2) is 7.08. The monoisotopic (exact) mass is 433 g/mol. The minimum Gasteiger partial charge on any atom is -0.386 e. The second-order valence-corrected chi connectivity index (χ2v) is 7.43. The predicted octanol–water partition coefficient (Wildman–Crippen LogP) is 3.25. The molecule has 1 amide bonds. The topological polar surface area (TPSA) is 106 Å². The van der Waals surface area contributed by atoms with Crippen LogP contribution < -0.4 is 16.0 Å².